The van der Waals surface area contributed by atoms with Crippen molar-refractivity contribution in [3.63, 3.8) is 0 Å². The molecule has 1 N–H and O–H groups in total. The highest BCUT2D eigenvalue weighted by Crippen LogP contribution is 2.23. The van der Waals surface area contributed by atoms with Crippen molar-refractivity contribution in [1.29, 1.82) is 0 Å². The summed E-state index contributed by atoms with van der Waals surface area (Å²) < 4.78 is 1.52. The molecule has 0 bridgehead atoms. The molecule has 1 aliphatic heterocycles. The second kappa shape index (κ2) is 6.05. The Kier molecular flexibility index (Phi) is 4.25. The monoisotopic (exact) mass is 335 g/mol. The minimum absolute atomic E-state index is 0.0651. The highest BCUT2D eigenvalue weighted by molar-refractivity contribution is 7.17. The zero-order chi connectivity index (χ0) is 16.7. The number of nitrogens with zero attached hydrogens (tertiary/aromatic N) is 3. The SMILES string of the molecule is Cc1sc2ncc(C(=O)N3CC(CO)CCC3C)c(=O)n2c1C. The van der Waals surface area contributed by atoms with Crippen molar-refractivity contribution in [2.75, 3.05) is 13.2 Å². The smallest absolute Gasteiger partial charge is 0.271 e. The number of carbonyl (C=O) groups is 1. The summed E-state index contributed by atoms with van der Waals surface area (Å²) >= 11 is 1.45. The molecule has 23 heavy (non-hydrogen) atoms. The molecular formula is C16H21N3O3S. The first kappa shape index (κ1) is 16.1. The van der Waals surface area contributed by atoms with Gasteiger partial charge in [0.1, 0.15) is 5.56 Å². The third-order valence-corrected chi connectivity index (χ3v) is 5.82. The van der Waals surface area contributed by atoms with E-state index >= 15 is 0 Å². The Morgan fingerprint density at radius 3 is 2.87 bits per heavy atom. The van der Waals surface area contributed by atoms with E-state index in [0.29, 0.717) is 11.5 Å². The van der Waals surface area contributed by atoms with Crippen LogP contribution in [0.4, 0.5) is 0 Å². The number of hydrogen-bond acceptors (Lipinski definition) is 5. The molecule has 1 amide bonds. The third-order valence-electron chi connectivity index (χ3n) is 4.75. The summed E-state index contributed by atoms with van der Waals surface area (Å²) in [5.41, 5.74) is 0.631. The molecule has 7 heteroatoms. The number of aromatic nitrogens is 2. The van der Waals surface area contributed by atoms with Crippen LogP contribution in [0, 0.1) is 19.8 Å². The first-order valence-corrected chi connectivity index (χ1v) is 8.65. The maximum absolute atomic E-state index is 12.8. The van der Waals surface area contributed by atoms with E-state index in [1.807, 2.05) is 20.8 Å². The quantitative estimate of drug-likeness (QED) is 0.905. The Morgan fingerprint density at radius 1 is 1.43 bits per heavy atom. The summed E-state index contributed by atoms with van der Waals surface area (Å²) in [5, 5.41) is 9.37. The van der Waals surface area contributed by atoms with Crippen LogP contribution >= 0.6 is 11.3 Å². The Morgan fingerprint density at radius 2 is 2.17 bits per heavy atom. The number of aryl methyl sites for hydroxylation is 2. The summed E-state index contributed by atoms with van der Waals surface area (Å²) in [6.45, 7) is 6.33. The number of hydrogen-bond donors (Lipinski definition) is 1. The van der Waals surface area contributed by atoms with Crippen LogP contribution in [-0.2, 0) is 0 Å². The summed E-state index contributed by atoms with van der Waals surface area (Å²) in [6, 6.07) is 0.0655. The fraction of sp³-hybridized carbons (Fsp3) is 0.562. The van der Waals surface area contributed by atoms with E-state index in [9.17, 15) is 14.7 Å². The molecule has 2 aromatic heterocycles. The Labute approximate surface area is 138 Å². The van der Waals surface area contributed by atoms with Gasteiger partial charge < -0.3 is 10.0 Å². The molecule has 1 saturated heterocycles. The number of aliphatic hydroxyl groups is 1. The molecule has 0 radical (unpaired) electrons. The highest BCUT2D eigenvalue weighted by Gasteiger charge is 2.31. The van der Waals surface area contributed by atoms with Crippen molar-refractivity contribution in [3.05, 3.63) is 32.7 Å². The largest absolute Gasteiger partial charge is 0.396 e. The molecule has 3 heterocycles. The molecule has 0 spiro atoms. The first-order valence-electron chi connectivity index (χ1n) is 7.83. The molecule has 1 aliphatic rings. The van der Waals surface area contributed by atoms with Crippen LogP contribution in [0.1, 0.15) is 40.7 Å². The van der Waals surface area contributed by atoms with Crippen LogP contribution in [0.2, 0.25) is 0 Å². The van der Waals surface area contributed by atoms with Crippen molar-refractivity contribution in [2.45, 2.75) is 39.7 Å². The molecule has 2 atom stereocenters. The minimum atomic E-state index is -0.305. The van der Waals surface area contributed by atoms with Gasteiger partial charge in [-0.3, -0.25) is 14.0 Å². The predicted molar refractivity (Wildman–Crippen MR) is 89.1 cm³/mol. The average Bonchev–Trinajstić information content (AvgIpc) is 2.83. The number of carbonyl (C=O) groups excluding carboxylic acids is 1. The molecule has 2 unspecified atom stereocenters. The van der Waals surface area contributed by atoms with E-state index in [-0.39, 0.29) is 35.6 Å². The van der Waals surface area contributed by atoms with E-state index in [4.69, 9.17) is 0 Å². The Hall–Kier alpha value is -1.73. The van der Waals surface area contributed by atoms with Crippen molar-refractivity contribution in [2.24, 2.45) is 5.92 Å². The van der Waals surface area contributed by atoms with Crippen LogP contribution in [0.15, 0.2) is 11.0 Å². The molecule has 0 aliphatic carbocycles. The molecule has 3 rings (SSSR count). The van der Waals surface area contributed by atoms with Gasteiger partial charge in [0.15, 0.2) is 4.96 Å². The van der Waals surface area contributed by atoms with Gasteiger partial charge in [-0.25, -0.2) is 4.98 Å². The van der Waals surface area contributed by atoms with Crippen molar-refractivity contribution in [3.8, 4) is 0 Å². The number of rotatable bonds is 2. The van der Waals surface area contributed by atoms with Gasteiger partial charge in [0, 0.05) is 36.0 Å². The van der Waals surface area contributed by atoms with Crippen LogP contribution in [0.25, 0.3) is 4.96 Å². The molecule has 0 saturated carbocycles. The van der Waals surface area contributed by atoms with Gasteiger partial charge in [0.25, 0.3) is 11.5 Å². The van der Waals surface area contributed by atoms with Gasteiger partial charge in [0.05, 0.1) is 0 Å². The summed E-state index contributed by atoms with van der Waals surface area (Å²) in [5.74, 6) is -0.203. The lowest BCUT2D eigenvalue weighted by atomic mass is 9.93. The number of likely N-dealkylation sites (tertiary alicyclic amines) is 1. The zero-order valence-electron chi connectivity index (χ0n) is 13.6. The number of amides is 1. The van der Waals surface area contributed by atoms with E-state index < -0.39 is 0 Å². The van der Waals surface area contributed by atoms with Gasteiger partial charge in [0.2, 0.25) is 0 Å². The van der Waals surface area contributed by atoms with Gasteiger partial charge in [-0.05, 0) is 39.5 Å². The minimum Gasteiger partial charge on any atom is -0.396 e. The lowest BCUT2D eigenvalue weighted by molar-refractivity contribution is 0.0486. The standard InChI is InChI=1S/C16H21N3O3S/c1-9-4-5-12(8-20)7-18(9)14(21)13-6-17-16-19(15(13)22)10(2)11(3)23-16/h6,9,12,20H,4-5,7-8H2,1-3H3. The highest BCUT2D eigenvalue weighted by atomic mass is 32.1. The average molecular weight is 335 g/mol. The number of fused-ring (bicyclic) bond motifs is 1. The van der Waals surface area contributed by atoms with Crippen molar-refractivity contribution in [1.82, 2.24) is 14.3 Å². The third kappa shape index (κ3) is 2.68. The fourth-order valence-electron chi connectivity index (χ4n) is 3.09. The van der Waals surface area contributed by atoms with Crippen molar-refractivity contribution < 1.29 is 9.90 Å². The lowest BCUT2D eigenvalue weighted by Crippen LogP contribution is -2.47. The van der Waals surface area contributed by atoms with Gasteiger partial charge >= 0.3 is 0 Å². The molecular weight excluding hydrogens is 314 g/mol. The lowest BCUT2D eigenvalue weighted by Gasteiger charge is -2.37. The molecule has 0 aromatic carbocycles. The number of piperidine rings is 1. The second-order valence-electron chi connectivity index (χ2n) is 6.27. The van der Waals surface area contributed by atoms with E-state index in [2.05, 4.69) is 4.98 Å². The van der Waals surface area contributed by atoms with Gasteiger partial charge in [-0.15, -0.1) is 11.3 Å². The predicted octanol–water partition coefficient (Wildman–Crippen LogP) is 1.61. The summed E-state index contributed by atoms with van der Waals surface area (Å²) in [7, 11) is 0. The van der Waals surface area contributed by atoms with Crippen LogP contribution < -0.4 is 5.56 Å². The van der Waals surface area contributed by atoms with Crippen LogP contribution in [0.3, 0.4) is 0 Å². The summed E-state index contributed by atoms with van der Waals surface area (Å²) in [4.78, 5) is 33.2. The number of thiazole rings is 1. The van der Waals surface area contributed by atoms with Crippen LogP contribution in [-0.4, -0.2) is 44.5 Å². The maximum atomic E-state index is 12.8. The van der Waals surface area contributed by atoms with Crippen LogP contribution in [0.5, 0.6) is 0 Å². The molecule has 2 aromatic rings. The van der Waals surface area contributed by atoms with E-state index in [0.717, 1.165) is 23.4 Å². The van der Waals surface area contributed by atoms with E-state index in [1.165, 1.54) is 21.9 Å². The topological polar surface area (TPSA) is 74.9 Å². The summed E-state index contributed by atoms with van der Waals surface area (Å²) in [6.07, 6.45) is 3.13. The normalized spacial score (nSPS) is 21.8. The Balaban J connectivity index is 2.02. The number of aliphatic hydroxyl groups excluding tert-OH is 1. The Bertz CT molecular complexity index is 811. The molecule has 6 nitrogen and oxygen atoms in total. The van der Waals surface area contributed by atoms with Gasteiger partial charge in [-0.1, -0.05) is 0 Å². The molecule has 124 valence electrons. The molecule has 1 fully saturated rings. The van der Waals surface area contributed by atoms with Crippen molar-refractivity contribution >= 4 is 22.2 Å². The van der Waals surface area contributed by atoms with E-state index in [1.54, 1.807) is 4.90 Å². The fourth-order valence-corrected chi connectivity index (χ4v) is 4.02. The first-order chi connectivity index (χ1) is 10.9. The van der Waals surface area contributed by atoms with Gasteiger partial charge in [-0.2, -0.15) is 0 Å². The second-order valence-corrected chi connectivity index (χ2v) is 7.45. The maximum Gasteiger partial charge on any atom is 0.271 e. The zero-order valence-corrected chi connectivity index (χ0v) is 14.4.